The number of benzene rings is 1. The minimum atomic E-state index is 0.126. The quantitative estimate of drug-likeness (QED) is 0.667. The first-order chi connectivity index (χ1) is 6.88. The zero-order valence-corrected chi connectivity index (χ0v) is 11.3. The van der Waals surface area contributed by atoms with Gasteiger partial charge in [0.2, 0.25) is 0 Å². The summed E-state index contributed by atoms with van der Waals surface area (Å²) in [7, 11) is 0. The summed E-state index contributed by atoms with van der Waals surface area (Å²) < 4.78 is 0. The van der Waals surface area contributed by atoms with Gasteiger partial charge >= 0.3 is 0 Å². The summed E-state index contributed by atoms with van der Waals surface area (Å²) in [5, 5.41) is 0.845. The minimum absolute atomic E-state index is 0.126. The van der Waals surface area contributed by atoms with Gasteiger partial charge in [0.15, 0.2) is 0 Å². The fourth-order valence-corrected chi connectivity index (χ4v) is 2.57. The highest BCUT2D eigenvalue weighted by Gasteiger charge is 2.22. The van der Waals surface area contributed by atoms with Crippen molar-refractivity contribution >= 4 is 23.2 Å². The molecule has 0 nitrogen and oxygen atoms in total. The van der Waals surface area contributed by atoms with Crippen LogP contribution in [0.1, 0.15) is 37.0 Å². The third-order valence-electron chi connectivity index (χ3n) is 2.95. The SMILES string of the molecule is Cc1cc(C(C)(C)CCCl)c(C)cc1Cl. The number of rotatable bonds is 3. The van der Waals surface area contributed by atoms with Crippen molar-refractivity contribution < 1.29 is 0 Å². The van der Waals surface area contributed by atoms with E-state index in [2.05, 4.69) is 26.8 Å². The van der Waals surface area contributed by atoms with Crippen molar-refractivity contribution in [2.45, 2.75) is 39.5 Å². The van der Waals surface area contributed by atoms with Crippen LogP contribution in [0.3, 0.4) is 0 Å². The lowest BCUT2D eigenvalue weighted by Crippen LogP contribution is -2.19. The lowest BCUT2D eigenvalue weighted by molar-refractivity contribution is 0.506. The minimum Gasteiger partial charge on any atom is -0.127 e. The molecule has 0 atom stereocenters. The molecule has 0 bridgehead atoms. The van der Waals surface area contributed by atoms with E-state index in [1.54, 1.807) is 0 Å². The van der Waals surface area contributed by atoms with E-state index in [0.717, 1.165) is 17.0 Å². The van der Waals surface area contributed by atoms with Crippen LogP contribution in [0.4, 0.5) is 0 Å². The van der Waals surface area contributed by atoms with Crippen molar-refractivity contribution in [3.63, 3.8) is 0 Å². The molecule has 0 saturated carbocycles. The van der Waals surface area contributed by atoms with Crippen molar-refractivity contribution in [2.24, 2.45) is 0 Å². The first-order valence-corrected chi connectivity index (χ1v) is 6.13. The fraction of sp³-hybridized carbons (Fsp3) is 0.538. The van der Waals surface area contributed by atoms with Crippen LogP contribution in [0.15, 0.2) is 12.1 Å². The van der Waals surface area contributed by atoms with Crippen LogP contribution in [-0.4, -0.2) is 5.88 Å². The number of alkyl halides is 1. The maximum atomic E-state index is 6.09. The van der Waals surface area contributed by atoms with Crippen LogP contribution >= 0.6 is 23.2 Å². The van der Waals surface area contributed by atoms with Crippen LogP contribution < -0.4 is 0 Å². The lowest BCUT2D eigenvalue weighted by Gasteiger charge is -2.27. The van der Waals surface area contributed by atoms with Crippen LogP contribution in [0.25, 0.3) is 0 Å². The maximum absolute atomic E-state index is 6.09. The number of halogens is 2. The van der Waals surface area contributed by atoms with E-state index in [-0.39, 0.29) is 5.41 Å². The van der Waals surface area contributed by atoms with Gasteiger partial charge in [-0.25, -0.2) is 0 Å². The molecule has 1 rings (SSSR count). The summed E-state index contributed by atoms with van der Waals surface area (Å²) in [6, 6.07) is 4.23. The van der Waals surface area contributed by atoms with Gasteiger partial charge in [0.1, 0.15) is 0 Å². The van der Waals surface area contributed by atoms with Crippen molar-refractivity contribution in [2.75, 3.05) is 5.88 Å². The third-order valence-corrected chi connectivity index (χ3v) is 3.55. The Kier molecular flexibility index (Phi) is 4.08. The van der Waals surface area contributed by atoms with E-state index < -0.39 is 0 Å². The van der Waals surface area contributed by atoms with Gasteiger partial charge in [-0.2, -0.15) is 0 Å². The van der Waals surface area contributed by atoms with Crippen molar-refractivity contribution in [1.82, 2.24) is 0 Å². The van der Waals surface area contributed by atoms with Gasteiger partial charge in [0, 0.05) is 10.9 Å². The predicted octanol–water partition coefficient (Wildman–Crippen LogP) is 4.86. The zero-order valence-electron chi connectivity index (χ0n) is 9.82. The largest absolute Gasteiger partial charge is 0.127 e. The standard InChI is InChI=1S/C13H18Cl2/c1-9-8-12(15)10(2)7-11(9)13(3,4)5-6-14/h7-8H,5-6H2,1-4H3. The molecule has 0 unspecified atom stereocenters. The normalized spacial score (nSPS) is 11.9. The Bertz CT molecular complexity index is 354. The van der Waals surface area contributed by atoms with Gasteiger partial charge in [0.05, 0.1) is 0 Å². The second-order valence-corrected chi connectivity index (χ2v) is 5.52. The van der Waals surface area contributed by atoms with E-state index in [1.807, 2.05) is 13.0 Å². The van der Waals surface area contributed by atoms with Gasteiger partial charge in [-0.1, -0.05) is 31.5 Å². The molecule has 1 aromatic rings. The number of aryl methyl sites for hydroxylation is 2. The molecule has 0 aliphatic carbocycles. The Balaban J connectivity index is 3.19. The molecule has 84 valence electrons. The van der Waals surface area contributed by atoms with Crippen LogP contribution in [0, 0.1) is 13.8 Å². The molecule has 2 heteroatoms. The average Bonchev–Trinajstić information content (AvgIpc) is 2.11. The van der Waals surface area contributed by atoms with Gasteiger partial charge < -0.3 is 0 Å². The molecular weight excluding hydrogens is 227 g/mol. The summed E-state index contributed by atoms with van der Waals surface area (Å²) in [6.07, 6.45) is 0.983. The first-order valence-electron chi connectivity index (χ1n) is 5.21. The van der Waals surface area contributed by atoms with E-state index in [1.165, 1.54) is 11.1 Å². The molecule has 0 spiro atoms. The maximum Gasteiger partial charge on any atom is 0.0438 e. The second kappa shape index (κ2) is 4.76. The van der Waals surface area contributed by atoms with Crippen LogP contribution in [0.5, 0.6) is 0 Å². The first kappa shape index (κ1) is 12.9. The van der Waals surface area contributed by atoms with Gasteiger partial charge in [-0.15, -0.1) is 11.6 Å². The van der Waals surface area contributed by atoms with Gasteiger partial charge in [-0.3, -0.25) is 0 Å². The molecule has 1 aromatic carbocycles. The van der Waals surface area contributed by atoms with Crippen LogP contribution in [-0.2, 0) is 5.41 Å². The van der Waals surface area contributed by atoms with E-state index in [4.69, 9.17) is 23.2 Å². The Morgan fingerprint density at radius 1 is 1.13 bits per heavy atom. The molecule has 0 heterocycles. The fourth-order valence-electron chi connectivity index (χ4n) is 1.88. The molecule has 0 N–H and O–H groups in total. The monoisotopic (exact) mass is 244 g/mol. The molecule has 0 aliphatic rings. The summed E-state index contributed by atoms with van der Waals surface area (Å²) in [5.74, 6) is 0.689. The number of hydrogen-bond donors (Lipinski definition) is 0. The Morgan fingerprint density at radius 2 is 1.73 bits per heavy atom. The molecular formula is C13H18Cl2. The van der Waals surface area contributed by atoms with Crippen molar-refractivity contribution in [3.05, 3.63) is 33.8 Å². The predicted molar refractivity (Wildman–Crippen MR) is 69.3 cm³/mol. The van der Waals surface area contributed by atoms with Gasteiger partial charge in [0.25, 0.3) is 0 Å². The number of hydrogen-bond acceptors (Lipinski definition) is 0. The third kappa shape index (κ3) is 2.89. The molecule has 0 aliphatic heterocycles. The highest BCUT2D eigenvalue weighted by molar-refractivity contribution is 6.31. The molecule has 0 aromatic heterocycles. The van der Waals surface area contributed by atoms with Crippen LogP contribution in [0.2, 0.25) is 5.02 Å². The summed E-state index contributed by atoms with van der Waals surface area (Å²) in [6.45, 7) is 8.61. The van der Waals surface area contributed by atoms with E-state index >= 15 is 0 Å². The van der Waals surface area contributed by atoms with Crippen molar-refractivity contribution in [3.8, 4) is 0 Å². The van der Waals surface area contributed by atoms with E-state index in [9.17, 15) is 0 Å². The zero-order chi connectivity index (χ0) is 11.6. The molecule has 0 amide bonds. The molecule has 0 fully saturated rings. The van der Waals surface area contributed by atoms with Crippen molar-refractivity contribution in [1.29, 1.82) is 0 Å². The average molecular weight is 245 g/mol. The molecule has 0 radical (unpaired) electrons. The lowest BCUT2D eigenvalue weighted by atomic mass is 9.79. The Morgan fingerprint density at radius 3 is 2.27 bits per heavy atom. The Hall–Kier alpha value is -0.200. The second-order valence-electron chi connectivity index (χ2n) is 4.74. The summed E-state index contributed by atoms with van der Waals surface area (Å²) in [4.78, 5) is 0. The van der Waals surface area contributed by atoms with E-state index in [0.29, 0.717) is 5.88 Å². The molecule has 0 saturated heterocycles. The highest BCUT2D eigenvalue weighted by Crippen LogP contribution is 2.33. The van der Waals surface area contributed by atoms with Gasteiger partial charge in [-0.05, 0) is 48.4 Å². The smallest absolute Gasteiger partial charge is 0.0438 e. The summed E-state index contributed by atoms with van der Waals surface area (Å²) >= 11 is 11.9. The molecule has 15 heavy (non-hydrogen) atoms. The summed E-state index contributed by atoms with van der Waals surface area (Å²) in [5.41, 5.74) is 3.87. The Labute approximate surface area is 103 Å². The topological polar surface area (TPSA) is 0 Å². The highest BCUT2D eigenvalue weighted by atomic mass is 35.5.